The summed E-state index contributed by atoms with van der Waals surface area (Å²) in [6.45, 7) is 2.59. The van der Waals surface area contributed by atoms with Gasteiger partial charge in [0.1, 0.15) is 4.21 Å². The average molecular weight is 390 g/mol. The molecular weight excluding hydrogens is 372 g/mol. The standard InChI is InChI=1S/C11H17BrN2O2S2.ClH/c1-14(8-9-4-6-13-7-5-9)18(15,16)11-3-2-10(12)17-11;/h2-3,9,13H,4-8H2,1H3;1H. The molecule has 1 aliphatic rings. The van der Waals surface area contributed by atoms with E-state index in [1.165, 1.54) is 15.6 Å². The maximum Gasteiger partial charge on any atom is 0.252 e. The lowest BCUT2D eigenvalue weighted by molar-refractivity contribution is 0.311. The SMILES string of the molecule is CN(CC1CCNCC1)S(=O)(=O)c1ccc(Br)s1.Cl. The number of hydrogen-bond donors (Lipinski definition) is 1. The van der Waals surface area contributed by atoms with Crippen molar-refractivity contribution in [2.45, 2.75) is 17.1 Å². The molecule has 1 aliphatic heterocycles. The van der Waals surface area contributed by atoms with E-state index in [4.69, 9.17) is 0 Å². The summed E-state index contributed by atoms with van der Waals surface area (Å²) in [7, 11) is -1.64. The third-order valence-corrected chi connectivity index (χ3v) is 7.10. The molecule has 1 aromatic heterocycles. The minimum atomic E-state index is -3.32. The highest BCUT2D eigenvalue weighted by atomic mass is 79.9. The van der Waals surface area contributed by atoms with Crippen LogP contribution in [0.2, 0.25) is 0 Å². The molecule has 0 unspecified atom stereocenters. The second-order valence-corrected chi connectivity index (χ2v) is 9.27. The van der Waals surface area contributed by atoms with Crippen molar-refractivity contribution >= 4 is 49.7 Å². The average Bonchev–Trinajstić information content (AvgIpc) is 2.78. The van der Waals surface area contributed by atoms with Crippen LogP contribution in [0.3, 0.4) is 0 Å². The van der Waals surface area contributed by atoms with Gasteiger partial charge < -0.3 is 5.32 Å². The van der Waals surface area contributed by atoms with E-state index in [1.807, 2.05) is 0 Å². The van der Waals surface area contributed by atoms with Gasteiger partial charge in [-0.3, -0.25) is 0 Å². The van der Waals surface area contributed by atoms with Crippen LogP contribution < -0.4 is 5.32 Å². The Hall–Kier alpha value is 0.340. The predicted molar refractivity (Wildman–Crippen MR) is 84.7 cm³/mol. The molecular formula is C11H18BrClN2O2S2. The van der Waals surface area contributed by atoms with Gasteiger partial charge in [0.25, 0.3) is 10.0 Å². The summed E-state index contributed by atoms with van der Waals surface area (Å²) in [5.74, 6) is 0.467. The Labute approximate surface area is 133 Å². The fourth-order valence-corrected chi connectivity index (χ4v) is 5.58. The molecule has 0 radical (unpaired) electrons. The van der Waals surface area contributed by atoms with E-state index in [0.717, 1.165) is 29.7 Å². The summed E-state index contributed by atoms with van der Waals surface area (Å²) in [6.07, 6.45) is 2.10. The second-order valence-electron chi connectivity index (χ2n) is 4.54. The predicted octanol–water partition coefficient (Wildman–Crippen LogP) is 2.55. The van der Waals surface area contributed by atoms with E-state index in [-0.39, 0.29) is 12.4 Å². The molecule has 110 valence electrons. The molecule has 1 saturated heterocycles. The van der Waals surface area contributed by atoms with Crippen LogP contribution in [-0.4, -0.2) is 39.4 Å². The summed E-state index contributed by atoms with van der Waals surface area (Å²) in [5.41, 5.74) is 0. The zero-order valence-electron chi connectivity index (χ0n) is 10.6. The smallest absolute Gasteiger partial charge is 0.252 e. The van der Waals surface area contributed by atoms with Gasteiger partial charge in [0.15, 0.2) is 0 Å². The Morgan fingerprint density at radius 1 is 1.42 bits per heavy atom. The molecule has 2 heterocycles. The first-order valence-corrected chi connectivity index (χ1v) is 8.97. The minimum Gasteiger partial charge on any atom is -0.317 e. The first-order valence-electron chi connectivity index (χ1n) is 5.92. The summed E-state index contributed by atoms with van der Waals surface area (Å²) >= 11 is 4.56. The molecule has 0 atom stereocenters. The maximum absolute atomic E-state index is 12.3. The van der Waals surface area contributed by atoms with Gasteiger partial charge in [-0.25, -0.2) is 8.42 Å². The number of piperidine rings is 1. The molecule has 19 heavy (non-hydrogen) atoms. The molecule has 0 bridgehead atoms. The second kappa shape index (κ2) is 7.38. The van der Waals surface area contributed by atoms with Gasteiger partial charge in [-0.2, -0.15) is 4.31 Å². The van der Waals surface area contributed by atoms with E-state index < -0.39 is 10.0 Å². The third-order valence-electron chi connectivity index (χ3n) is 3.19. The first-order chi connectivity index (χ1) is 8.50. The van der Waals surface area contributed by atoms with Gasteiger partial charge >= 0.3 is 0 Å². The molecule has 0 spiro atoms. The molecule has 1 fully saturated rings. The van der Waals surface area contributed by atoms with Gasteiger partial charge in [0.2, 0.25) is 0 Å². The fraction of sp³-hybridized carbons (Fsp3) is 0.636. The summed E-state index contributed by atoms with van der Waals surface area (Å²) in [4.78, 5) is 0. The van der Waals surface area contributed by atoms with E-state index >= 15 is 0 Å². The molecule has 0 aliphatic carbocycles. The lowest BCUT2D eigenvalue weighted by Gasteiger charge is -2.26. The summed E-state index contributed by atoms with van der Waals surface area (Å²) in [5, 5.41) is 3.29. The normalized spacial score (nSPS) is 17.4. The van der Waals surface area contributed by atoms with Crippen molar-refractivity contribution in [2.75, 3.05) is 26.7 Å². The van der Waals surface area contributed by atoms with Crippen LogP contribution in [0, 0.1) is 5.92 Å². The van der Waals surface area contributed by atoms with Crippen LogP contribution in [0.25, 0.3) is 0 Å². The topological polar surface area (TPSA) is 49.4 Å². The molecule has 2 rings (SSSR count). The van der Waals surface area contributed by atoms with Crippen molar-refractivity contribution in [1.82, 2.24) is 9.62 Å². The number of thiophene rings is 1. The van der Waals surface area contributed by atoms with Gasteiger partial charge in [0, 0.05) is 13.6 Å². The van der Waals surface area contributed by atoms with Crippen LogP contribution in [0.4, 0.5) is 0 Å². The number of hydrogen-bond acceptors (Lipinski definition) is 4. The van der Waals surface area contributed by atoms with Crippen LogP contribution in [0.1, 0.15) is 12.8 Å². The highest BCUT2D eigenvalue weighted by Gasteiger charge is 2.25. The van der Waals surface area contributed by atoms with Gasteiger partial charge in [-0.05, 0) is 59.9 Å². The molecule has 1 aromatic rings. The Morgan fingerprint density at radius 3 is 2.58 bits per heavy atom. The Bertz CT molecular complexity index is 501. The Morgan fingerprint density at radius 2 is 2.05 bits per heavy atom. The van der Waals surface area contributed by atoms with Gasteiger partial charge in [-0.1, -0.05) is 0 Å². The highest BCUT2D eigenvalue weighted by Crippen LogP contribution is 2.28. The number of nitrogens with one attached hydrogen (secondary N) is 1. The van der Waals surface area contributed by atoms with Crippen molar-refractivity contribution in [3.05, 3.63) is 15.9 Å². The Kier molecular flexibility index (Phi) is 6.75. The molecule has 0 aromatic carbocycles. The first kappa shape index (κ1) is 17.4. The lowest BCUT2D eigenvalue weighted by atomic mass is 9.98. The van der Waals surface area contributed by atoms with Gasteiger partial charge in [0.05, 0.1) is 3.79 Å². The van der Waals surface area contributed by atoms with Crippen LogP contribution in [0.5, 0.6) is 0 Å². The number of nitrogens with zero attached hydrogens (tertiary/aromatic N) is 1. The summed E-state index contributed by atoms with van der Waals surface area (Å²) in [6, 6.07) is 3.43. The fourth-order valence-electron chi connectivity index (χ4n) is 2.12. The van der Waals surface area contributed by atoms with Crippen molar-refractivity contribution < 1.29 is 8.42 Å². The van der Waals surface area contributed by atoms with E-state index in [2.05, 4.69) is 21.2 Å². The summed E-state index contributed by atoms with van der Waals surface area (Å²) < 4.78 is 27.4. The van der Waals surface area contributed by atoms with Crippen LogP contribution >= 0.6 is 39.7 Å². The van der Waals surface area contributed by atoms with E-state index in [1.54, 1.807) is 19.2 Å². The Balaban J connectivity index is 0.00000180. The van der Waals surface area contributed by atoms with Gasteiger partial charge in [-0.15, -0.1) is 23.7 Å². The molecule has 4 nitrogen and oxygen atoms in total. The lowest BCUT2D eigenvalue weighted by Crippen LogP contribution is -2.37. The quantitative estimate of drug-likeness (QED) is 0.861. The zero-order valence-corrected chi connectivity index (χ0v) is 14.7. The van der Waals surface area contributed by atoms with Crippen LogP contribution in [-0.2, 0) is 10.0 Å². The van der Waals surface area contributed by atoms with Crippen molar-refractivity contribution in [3.63, 3.8) is 0 Å². The largest absolute Gasteiger partial charge is 0.317 e. The van der Waals surface area contributed by atoms with Crippen LogP contribution in [0.15, 0.2) is 20.1 Å². The van der Waals surface area contributed by atoms with Crippen molar-refractivity contribution in [1.29, 1.82) is 0 Å². The van der Waals surface area contributed by atoms with E-state index in [9.17, 15) is 8.42 Å². The molecule has 0 saturated carbocycles. The van der Waals surface area contributed by atoms with E-state index in [0.29, 0.717) is 16.7 Å². The number of halogens is 2. The number of sulfonamides is 1. The van der Waals surface area contributed by atoms with Crippen molar-refractivity contribution in [2.24, 2.45) is 5.92 Å². The zero-order chi connectivity index (χ0) is 13.2. The monoisotopic (exact) mass is 388 g/mol. The molecule has 8 heteroatoms. The molecule has 0 amide bonds. The molecule has 1 N–H and O–H groups in total. The number of rotatable bonds is 4. The minimum absolute atomic E-state index is 0. The highest BCUT2D eigenvalue weighted by molar-refractivity contribution is 9.11. The maximum atomic E-state index is 12.3. The third kappa shape index (κ3) is 4.41. The van der Waals surface area contributed by atoms with Crippen molar-refractivity contribution in [3.8, 4) is 0 Å².